The van der Waals surface area contributed by atoms with Crippen molar-refractivity contribution in [3.05, 3.63) is 36.7 Å². The Morgan fingerprint density at radius 3 is 2.94 bits per heavy atom. The first kappa shape index (κ1) is 11.2. The quantitative estimate of drug-likeness (QED) is 0.884. The monoisotopic (exact) mass is 243 g/mol. The highest BCUT2D eigenvalue weighted by molar-refractivity contribution is 5.61. The molecule has 1 fully saturated rings. The molecule has 1 unspecified atom stereocenters. The average Bonchev–Trinajstić information content (AvgIpc) is 3.02. The van der Waals surface area contributed by atoms with E-state index >= 15 is 0 Å². The van der Waals surface area contributed by atoms with Gasteiger partial charge >= 0.3 is 0 Å². The molecule has 5 nitrogen and oxygen atoms in total. The van der Waals surface area contributed by atoms with Gasteiger partial charge in [0.2, 0.25) is 0 Å². The van der Waals surface area contributed by atoms with Gasteiger partial charge in [-0.05, 0) is 32.1 Å². The zero-order valence-corrected chi connectivity index (χ0v) is 10.5. The number of likely N-dealkylation sites (N-methyl/N-ethyl adjacent to an activating group) is 1. The van der Waals surface area contributed by atoms with E-state index in [1.54, 1.807) is 10.9 Å². The third-order valence-electron chi connectivity index (χ3n) is 3.32. The molecule has 1 aliphatic rings. The van der Waals surface area contributed by atoms with Gasteiger partial charge in [-0.3, -0.25) is 0 Å². The number of hydrogen-bond acceptors (Lipinski definition) is 4. The summed E-state index contributed by atoms with van der Waals surface area (Å²) in [6.07, 6.45) is 4.74. The number of aromatic nitrogens is 3. The van der Waals surface area contributed by atoms with Crippen LogP contribution in [0.4, 0.5) is 5.69 Å². The van der Waals surface area contributed by atoms with Crippen LogP contribution < -0.4 is 5.32 Å². The van der Waals surface area contributed by atoms with E-state index in [-0.39, 0.29) is 0 Å². The zero-order valence-electron chi connectivity index (χ0n) is 10.5. The molecule has 1 aromatic heterocycles. The lowest BCUT2D eigenvalue weighted by Crippen LogP contribution is -2.24. The second-order valence-electron chi connectivity index (χ2n) is 4.76. The Balaban J connectivity index is 1.84. The fourth-order valence-corrected chi connectivity index (χ4v) is 2.40. The van der Waals surface area contributed by atoms with Crippen LogP contribution in [-0.4, -0.2) is 46.1 Å². The minimum absolute atomic E-state index is 0.514. The van der Waals surface area contributed by atoms with Crippen LogP contribution in [0.2, 0.25) is 0 Å². The second-order valence-corrected chi connectivity index (χ2v) is 4.76. The molecule has 0 aliphatic carbocycles. The van der Waals surface area contributed by atoms with Crippen LogP contribution in [0.3, 0.4) is 0 Å². The van der Waals surface area contributed by atoms with Crippen molar-refractivity contribution < 1.29 is 0 Å². The fourth-order valence-electron chi connectivity index (χ4n) is 2.40. The third-order valence-corrected chi connectivity index (χ3v) is 3.32. The molecule has 0 amide bonds. The van der Waals surface area contributed by atoms with E-state index in [1.165, 1.54) is 6.42 Å². The van der Waals surface area contributed by atoms with Crippen LogP contribution in [0.15, 0.2) is 36.7 Å². The van der Waals surface area contributed by atoms with Crippen LogP contribution in [0.25, 0.3) is 5.69 Å². The van der Waals surface area contributed by atoms with Crippen molar-refractivity contribution in [2.45, 2.75) is 12.5 Å². The largest absolute Gasteiger partial charge is 0.379 e. The van der Waals surface area contributed by atoms with E-state index in [0.717, 1.165) is 24.5 Å². The maximum atomic E-state index is 4.05. The minimum atomic E-state index is 0.514. The van der Waals surface area contributed by atoms with Crippen molar-refractivity contribution in [2.75, 3.05) is 25.5 Å². The fraction of sp³-hybridized carbons (Fsp3) is 0.385. The maximum Gasteiger partial charge on any atom is 0.0894 e. The molecular weight excluding hydrogens is 226 g/mol. The molecule has 1 aromatic carbocycles. The molecule has 3 rings (SSSR count). The van der Waals surface area contributed by atoms with Gasteiger partial charge in [-0.25, -0.2) is 4.68 Å². The standard InChI is InChI=1S/C13H17N5/c1-17-8-6-11(10-17)15-12-4-2-3-5-13(12)18-9-7-14-16-18/h2-5,7,9,11,15H,6,8,10H2,1H3. The van der Waals surface area contributed by atoms with Gasteiger partial charge in [-0.2, -0.15) is 0 Å². The van der Waals surface area contributed by atoms with Gasteiger partial charge in [-0.1, -0.05) is 17.3 Å². The first-order chi connectivity index (χ1) is 8.83. The molecule has 5 heteroatoms. The Bertz CT molecular complexity index is 508. The maximum absolute atomic E-state index is 4.05. The highest BCUT2D eigenvalue weighted by atomic mass is 15.4. The molecule has 1 atom stereocenters. The Kier molecular flexibility index (Phi) is 2.98. The predicted octanol–water partition coefficient (Wildman–Crippen LogP) is 1.38. The lowest BCUT2D eigenvalue weighted by atomic mass is 10.2. The van der Waals surface area contributed by atoms with Crippen LogP contribution in [0, 0.1) is 0 Å². The Hall–Kier alpha value is -1.88. The van der Waals surface area contributed by atoms with Crippen molar-refractivity contribution in [3.63, 3.8) is 0 Å². The lowest BCUT2D eigenvalue weighted by molar-refractivity contribution is 0.414. The van der Waals surface area contributed by atoms with E-state index in [0.29, 0.717) is 6.04 Å². The summed E-state index contributed by atoms with van der Waals surface area (Å²) >= 11 is 0. The molecule has 1 N–H and O–H groups in total. The van der Waals surface area contributed by atoms with E-state index in [4.69, 9.17) is 0 Å². The van der Waals surface area contributed by atoms with Gasteiger partial charge in [0.1, 0.15) is 0 Å². The summed E-state index contributed by atoms with van der Waals surface area (Å²) in [4.78, 5) is 2.34. The van der Waals surface area contributed by atoms with Gasteiger partial charge < -0.3 is 10.2 Å². The number of rotatable bonds is 3. The third kappa shape index (κ3) is 2.22. The van der Waals surface area contributed by atoms with E-state index in [2.05, 4.69) is 39.7 Å². The summed E-state index contributed by atoms with van der Waals surface area (Å²) in [5.74, 6) is 0. The molecule has 2 aromatic rings. The number of nitrogens with zero attached hydrogens (tertiary/aromatic N) is 4. The van der Waals surface area contributed by atoms with Crippen molar-refractivity contribution in [1.29, 1.82) is 0 Å². The van der Waals surface area contributed by atoms with E-state index < -0.39 is 0 Å². The number of anilines is 1. The number of para-hydroxylation sites is 2. The highest BCUT2D eigenvalue weighted by Gasteiger charge is 2.20. The van der Waals surface area contributed by atoms with Crippen molar-refractivity contribution in [3.8, 4) is 5.69 Å². The molecule has 2 heterocycles. The normalized spacial score (nSPS) is 20.2. The number of benzene rings is 1. The summed E-state index contributed by atoms with van der Waals surface area (Å²) in [7, 11) is 2.16. The van der Waals surface area contributed by atoms with E-state index in [9.17, 15) is 0 Å². The Morgan fingerprint density at radius 1 is 1.33 bits per heavy atom. The average molecular weight is 243 g/mol. The van der Waals surface area contributed by atoms with Crippen molar-refractivity contribution in [1.82, 2.24) is 19.9 Å². The van der Waals surface area contributed by atoms with Gasteiger partial charge in [0.05, 0.1) is 23.8 Å². The van der Waals surface area contributed by atoms with Crippen LogP contribution in [-0.2, 0) is 0 Å². The van der Waals surface area contributed by atoms with Gasteiger partial charge in [-0.15, -0.1) is 5.10 Å². The summed E-state index contributed by atoms with van der Waals surface area (Å²) in [5.41, 5.74) is 2.16. The van der Waals surface area contributed by atoms with E-state index in [1.807, 2.05) is 18.3 Å². The van der Waals surface area contributed by atoms with Gasteiger partial charge in [0.25, 0.3) is 0 Å². The zero-order chi connectivity index (χ0) is 12.4. The SMILES string of the molecule is CN1CCC(Nc2ccccc2-n2ccnn2)C1. The van der Waals surface area contributed by atoms with Gasteiger partial charge in [0.15, 0.2) is 0 Å². The molecular formula is C13H17N5. The van der Waals surface area contributed by atoms with Crippen molar-refractivity contribution in [2.24, 2.45) is 0 Å². The molecule has 94 valence electrons. The summed E-state index contributed by atoms with van der Waals surface area (Å²) < 4.78 is 1.79. The first-order valence-electron chi connectivity index (χ1n) is 6.24. The highest BCUT2D eigenvalue weighted by Crippen LogP contribution is 2.21. The van der Waals surface area contributed by atoms with Crippen LogP contribution in [0.5, 0.6) is 0 Å². The van der Waals surface area contributed by atoms with Crippen molar-refractivity contribution >= 4 is 5.69 Å². The molecule has 0 spiro atoms. The predicted molar refractivity (Wildman–Crippen MR) is 70.9 cm³/mol. The molecule has 0 radical (unpaired) electrons. The Morgan fingerprint density at radius 2 is 2.22 bits per heavy atom. The van der Waals surface area contributed by atoms with Gasteiger partial charge in [0, 0.05) is 12.6 Å². The summed E-state index contributed by atoms with van der Waals surface area (Å²) in [5, 5.41) is 11.5. The first-order valence-corrected chi connectivity index (χ1v) is 6.24. The topological polar surface area (TPSA) is 46.0 Å². The molecule has 18 heavy (non-hydrogen) atoms. The molecule has 0 bridgehead atoms. The minimum Gasteiger partial charge on any atom is -0.379 e. The number of hydrogen-bond donors (Lipinski definition) is 1. The second kappa shape index (κ2) is 4.78. The summed E-state index contributed by atoms with van der Waals surface area (Å²) in [6, 6.07) is 8.72. The Labute approximate surface area is 106 Å². The van der Waals surface area contributed by atoms with Crippen LogP contribution in [0.1, 0.15) is 6.42 Å². The molecule has 1 saturated heterocycles. The summed E-state index contributed by atoms with van der Waals surface area (Å²) in [6.45, 7) is 2.24. The smallest absolute Gasteiger partial charge is 0.0894 e. The molecule has 1 aliphatic heterocycles. The van der Waals surface area contributed by atoms with Crippen LogP contribution >= 0.6 is 0 Å². The number of likely N-dealkylation sites (tertiary alicyclic amines) is 1. The lowest BCUT2D eigenvalue weighted by Gasteiger charge is -2.17. The molecule has 0 saturated carbocycles. The number of nitrogens with one attached hydrogen (secondary N) is 1.